The summed E-state index contributed by atoms with van der Waals surface area (Å²) in [6.45, 7) is 7.11. The zero-order valence-corrected chi connectivity index (χ0v) is 32.6. The SMILES string of the molecule is Cc1c(C)c(O)c(-c2c(O)c(C)c(-c3cccc4c3ccc3c(-c5c(C)c(O)c(-c6c(O)c(C)c(O)c(O)c6O)c(O)c5O)c5ccccc5cc34)c(O)c2O)c(O)c1O. The number of benzene rings is 8. The Bertz CT molecular complexity index is 3120. The van der Waals surface area contributed by atoms with Crippen molar-refractivity contribution in [3.8, 4) is 119 Å². The highest BCUT2D eigenvalue weighted by molar-refractivity contribution is 6.23. The first-order valence-corrected chi connectivity index (χ1v) is 18.5. The molecule has 8 rings (SSSR count). The predicted molar refractivity (Wildman–Crippen MR) is 226 cm³/mol. The van der Waals surface area contributed by atoms with Crippen molar-refractivity contribution in [1.29, 1.82) is 0 Å². The van der Waals surface area contributed by atoms with Gasteiger partial charge in [0.25, 0.3) is 0 Å². The van der Waals surface area contributed by atoms with Gasteiger partial charge < -0.3 is 66.4 Å². The van der Waals surface area contributed by atoms with Crippen LogP contribution in [0.25, 0.3) is 76.8 Å². The number of phenolic OH excluding ortho intramolecular Hbond substituents is 13. The van der Waals surface area contributed by atoms with Gasteiger partial charge in [0.05, 0.1) is 22.3 Å². The lowest BCUT2D eigenvalue weighted by Gasteiger charge is -2.22. The van der Waals surface area contributed by atoms with E-state index < -0.39 is 97.0 Å². The van der Waals surface area contributed by atoms with Crippen molar-refractivity contribution < 1.29 is 66.4 Å². The third-order valence-corrected chi connectivity index (χ3v) is 11.9. The molecule has 0 bridgehead atoms. The van der Waals surface area contributed by atoms with Gasteiger partial charge in [0.15, 0.2) is 46.0 Å². The number of hydrogen-bond donors (Lipinski definition) is 13. The Hall–Kier alpha value is -8.06. The molecule has 0 aliphatic rings. The smallest absolute Gasteiger partial charge is 0.201 e. The molecule has 0 aromatic heterocycles. The van der Waals surface area contributed by atoms with Gasteiger partial charge in [-0.25, -0.2) is 0 Å². The van der Waals surface area contributed by atoms with Crippen LogP contribution in [0.5, 0.6) is 74.7 Å². The Morgan fingerprint density at radius 1 is 0.250 bits per heavy atom. The molecule has 60 heavy (non-hydrogen) atoms. The lowest BCUT2D eigenvalue weighted by atomic mass is 9.84. The first-order chi connectivity index (χ1) is 28.3. The molecule has 0 unspecified atom stereocenters. The third kappa shape index (κ3) is 5.05. The summed E-state index contributed by atoms with van der Waals surface area (Å²) >= 11 is 0. The summed E-state index contributed by atoms with van der Waals surface area (Å²) in [5.74, 6) is -10.1. The van der Waals surface area contributed by atoms with Crippen LogP contribution in [0.1, 0.15) is 27.8 Å². The van der Waals surface area contributed by atoms with Gasteiger partial charge in [-0.1, -0.05) is 54.6 Å². The monoisotopic (exact) mass is 810 g/mol. The van der Waals surface area contributed by atoms with Crippen molar-refractivity contribution in [1.82, 2.24) is 0 Å². The van der Waals surface area contributed by atoms with Crippen LogP contribution in [0.4, 0.5) is 0 Å². The molecule has 0 saturated heterocycles. The average molecular weight is 811 g/mol. The molecule has 304 valence electrons. The fourth-order valence-corrected chi connectivity index (χ4v) is 8.41. The Labute approximate surface area is 340 Å². The number of fused-ring (bicyclic) bond motifs is 4. The first kappa shape index (κ1) is 38.8. The summed E-state index contributed by atoms with van der Waals surface area (Å²) in [5, 5.41) is 148. The van der Waals surface area contributed by atoms with E-state index in [4.69, 9.17) is 0 Å². The zero-order valence-electron chi connectivity index (χ0n) is 32.6. The number of rotatable bonds is 4. The molecule has 0 radical (unpaired) electrons. The molecule has 0 atom stereocenters. The summed E-state index contributed by atoms with van der Waals surface area (Å²) < 4.78 is 0. The largest absolute Gasteiger partial charge is 0.507 e. The van der Waals surface area contributed by atoms with Gasteiger partial charge in [0, 0.05) is 38.9 Å². The van der Waals surface area contributed by atoms with Crippen molar-refractivity contribution in [3.05, 3.63) is 88.5 Å². The molecule has 0 heterocycles. The van der Waals surface area contributed by atoms with Crippen molar-refractivity contribution in [2.24, 2.45) is 0 Å². The molecule has 0 saturated carbocycles. The van der Waals surface area contributed by atoms with Crippen LogP contribution in [0, 0.1) is 34.6 Å². The van der Waals surface area contributed by atoms with Crippen molar-refractivity contribution in [2.45, 2.75) is 34.6 Å². The molecule has 8 aromatic rings. The summed E-state index contributed by atoms with van der Waals surface area (Å²) in [4.78, 5) is 0. The molecule has 0 amide bonds. The summed E-state index contributed by atoms with van der Waals surface area (Å²) in [6.07, 6.45) is 0. The van der Waals surface area contributed by atoms with Crippen molar-refractivity contribution >= 4 is 32.3 Å². The quantitative estimate of drug-likeness (QED) is 0.0342. The molecule has 13 heteroatoms. The minimum Gasteiger partial charge on any atom is -0.507 e. The van der Waals surface area contributed by atoms with Gasteiger partial charge in [-0.2, -0.15) is 0 Å². The Morgan fingerprint density at radius 2 is 0.667 bits per heavy atom. The maximum absolute atomic E-state index is 11.8. The van der Waals surface area contributed by atoms with Crippen LogP contribution in [0.15, 0.2) is 60.7 Å². The van der Waals surface area contributed by atoms with E-state index in [1.807, 2.05) is 12.1 Å². The first-order valence-electron chi connectivity index (χ1n) is 18.5. The van der Waals surface area contributed by atoms with E-state index in [1.54, 1.807) is 48.5 Å². The lowest BCUT2D eigenvalue weighted by Crippen LogP contribution is -1.96. The van der Waals surface area contributed by atoms with Crippen LogP contribution in [0.3, 0.4) is 0 Å². The van der Waals surface area contributed by atoms with Gasteiger partial charge in [-0.15, -0.1) is 0 Å². The Morgan fingerprint density at radius 3 is 1.28 bits per heavy atom. The number of aromatic hydroxyl groups is 13. The second-order valence-corrected chi connectivity index (χ2v) is 14.9. The Balaban J connectivity index is 1.41. The highest BCUT2D eigenvalue weighted by Crippen LogP contribution is 2.61. The van der Waals surface area contributed by atoms with Crippen molar-refractivity contribution in [2.75, 3.05) is 0 Å². The van der Waals surface area contributed by atoms with E-state index in [-0.39, 0.29) is 38.9 Å². The number of phenols is 13. The van der Waals surface area contributed by atoms with Gasteiger partial charge in [-0.3, -0.25) is 0 Å². The van der Waals surface area contributed by atoms with Gasteiger partial charge in [0.2, 0.25) is 5.75 Å². The maximum atomic E-state index is 11.8. The van der Waals surface area contributed by atoms with E-state index >= 15 is 0 Å². The summed E-state index contributed by atoms with van der Waals surface area (Å²) in [5.41, 5.74) is -1.32. The Kier molecular flexibility index (Phi) is 8.56. The van der Waals surface area contributed by atoms with Gasteiger partial charge in [-0.05, 0) is 84.1 Å². The zero-order chi connectivity index (χ0) is 43.5. The molecule has 13 nitrogen and oxygen atoms in total. The second kappa shape index (κ2) is 13.2. The molecular weight excluding hydrogens is 773 g/mol. The van der Waals surface area contributed by atoms with E-state index in [9.17, 15) is 66.4 Å². The average Bonchev–Trinajstić information content (AvgIpc) is 3.24. The van der Waals surface area contributed by atoms with Crippen LogP contribution < -0.4 is 0 Å². The van der Waals surface area contributed by atoms with Crippen LogP contribution in [0.2, 0.25) is 0 Å². The van der Waals surface area contributed by atoms with Crippen LogP contribution in [-0.2, 0) is 0 Å². The topological polar surface area (TPSA) is 263 Å². The molecule has 13 N–H and O–H groups in total. The summed E-state index contributed by atoms with van der Waals surface area (Å²) in [7, 11) is 0. The summed E-state index contributed by atoms with van der Waals surface area (Å²) in [6, 6.07) is 17.6. The van der Waals surface area contributed by atoms with E-state index in [2.05, 4.69) is 0 Å². The predicted octanol–water partition coefficient (Wildman–Crippen LogP) is 9.53. The van der Waals surface area contributed by atoms with E-state index in [1.165, 1.54) is 34.6 Å². The normalized spacial score (nSPS) is 11.6. The highest BCUT2D eigenvalue weighted by Gasteiger charge is 2.33. The molecule has 0 spiro atoms. The maximum Gasteiger partial charge on any atom is 0.201 e. The molecule has 0 fully saturated rings. The molecule has 8 aromatic carbocycles. The van der Waals surface area contributed by atoms with Gasteiger partial charge >= 0.3 is 0 Å². The molecular formula is C47H38O13. The fourth-order valence-electron chi connectivity index (χ4n) is 8.41. The minimum absolute atomic E-state index is 0.00689. The lowest BCUT2D eigenvalue weighted by molar-refractivity contribution is 0.358. The van der Waals surface area contributed by atoms with E-state index in [0.29, 0.717) is 43.4 Å². The number of hydrogen-bond acceptors (Lipinski definition) is 13. The highest BCUT2D eigenvalue weighted by atomic mass is 16.3. The van der Waals surface area contributed by atoms with Crippen LogP contribution in [-0.4, -0.2) is 66.4 Å². The van der Waals surface area contributed by atoms with Gasteiger partial charge in [0.1, 0.15) is 23.0 Å². The van der Waals surface area contributed by atoms with E-state index in [0.717, 1.165) is 0 Å². The minimum atomic E-state index is -1.05. The molecule has 0 aliphatic carbocycles. The van der Waals surface area contributed by atoms with Crippen LogP contribution >= 0.6 is 0 Å². The fraction of sp³-hybridized carbons (Fsp3) is 0.106. The standard InChI is InChI=1S/C47H38O13/c1-16-17(2)39(52)43(56)31(35(16)48)32-36(49)18(3)28(41(54)44(32)57)25-12-8-11-23-24(25)13-14-26-27(23)15-21-9-6-7-10-22(21)30(26)29-19(4)37(50)33(45(58)42(29)55)34-38(51)20(5)40(53)47(60)46(34)59/h6-15,48-60H,1-5H3. The molecule has 0 aliphatic heterocycles. The second-order valence-electron chi connectivity index (χ2n) is 14.9. The third-order valence-electron chi connectivity index (χ3n) is 11.9. The van der Waals surface area contributed by atoms with Crippen molar-refractivity contribution in [3.63, 3.8) is 0 Å².